The second-order valence-corrected chi connectivity index (χ2v) is 4.89. The van der Waals surface area contributed by atoms with Gasteiger partial charge in [-0.15, -0.1) is 0 Å². The summed E-state index contributed by atoms with van der Waals surface area (Å²) in [4.78, 5) is 2.13. The van der Waals surface area contributed by atoms with Crippen LogP contribution in [0.3, 0.4) is 0 Å². The van der Waals surface area contributed by atoms with Crippen LogP contribution in [0.1, 0.15) is 24.6 Å². The Labute approximate surface area is 114 Å². The van der Waals surface area contributed by atoms with Crippen LogP contribution in [0.25, 0.3) is 0 Å². The van der Waals surface area contributed by atoms with Crippen molar-refractivity contribution < 1.29 is 0 Å². The van der Waals surface area contributed by atoms with E-state index in [1.807, 2.05) is 30.8 Å². The summed E-state index contributed by atoms with van der Waals surface area (Å²) in [6.45, 7) is 7.08. The topological polar surface area (TPSA) is 47.1 Å². The van der Waals surface area contributed by atoms with Crippen LogP contribution in [0.5, 0.6) is 0 Å². The van der Waals surface area contributed by atoms with Gasteiger partial charge in [0.2, 0.25) is 0 Å². The minimum absolute atomic E-state index is 0.763. The van der Waals surface area contributed by atoms with Gasteiger partial charge in [-0.05, 0) is 31.9 Å². The first-order valence-corrected chi connectivity index (χ1v) is 6.68. The average Bonchev–Trinajstić information content (AvgIpc) is 2.65. The van der Waals surface area contributed by atoms with Crippen LogP contribution in [0.15, 0.2) is 24.3 Å². The molecule has 102 valence electrons. The van der Waals surface area contributed by atoms with Crippen molar-refractivity contribution in [3.8, 4) is 0 Å². The van der Waals surface area contributed by atoms with Crippen LogP contribution in [-0.2, 0) is 6.54 Å². The van der Waals surface area contributed by atoms with Crippen molar-refractivity contribution in [2.75, 3.05) is 17.7 Å². The molecule has 0 aliphatic rings. The van der Waals surface area contributed by atoms with Gasteiger partial charge in [-0.1, -0.05) is 25.1 Å². The van der Waals surface area contributed by atoms with Crippen LogP contribution in [0.4, 0.5) is 17.2 Å². The van der Waals surface area contributed by atoms with Gasteiger partial charge in [0, 0.05) is 19.3 Å². The fraction of sp³-hybridized carbons (Fsp3) is 0.400. The molecule has 0 amide bonds. The van der Waals surface area contributed by atoms with Crippen LogP contribution in [-0.4, -0.2) is 16.8 Å². The van der Waals surface area contributed by atoms with Crippen molar-refractivity contribution in [2.45, 2.75) is 33.7 Å². The molecule has 0 aliphatic carbocycles. The first-order chi connectivity index (χ1) is 9.06. The molecule has 0 saturated carbocycles. The number of hydrogen-bond acceptors (Lipinski definition) is 3. The summed E-state index contributed by atoms with van der Waals surface area (Å²) in [7, 11) is 2.04. The largest absolute Gasteiger partial charge is 0.394 e. The maximum absolute atomic E-state index is 6.20. The zero-order valence-corrected chi connectivity index (χ0v) is 12.1. The summed E-state index contributed by atoms with van der Waals surface area (Å²) >= 11 is 0. The Kier molecular flexibility index (Phi) is 3.79. The van der Waals surface area contributed by atoms with Crippen molar-refractivity contribution in [3.05, 3.63) is 35.5 Å². The van der Waals surface area contributed by atoms with Crippen molar-refractivity contribution >= 4 is 17.2 Å². The molecule has 0 aliphatic heterocycles. The Hall–Kier alpha value is -1.97. The molecule has 0 unspecified atom stereocenters. The number of anilines is 3. The van der Waals surface area contributed by atoms with Gasteiger partial charge in [0.05, 0.1) is 11.4 Å². The van der Waals surface area contributed by atoms with E-state index in [-0.39, 0.29) is 0 Å². The monoisotopic (exact) mass is 258 g/mol. The Morgan fingerprint density at radius 1 is 1.26 bits per heavy atom. The minimum Gasteiger partial charge on any atom is -0.394 e. The van der Waals surface area contributed by atoms with Crippen molar-refractivity contribution in [1.29, 1.82) is 0 Å². The second kappa shape index (κ2) is 5.34. The van der Waals surface area contributed by atoms with Crippen molar-refractivity contribution in [3.63, 3.8) is 0 Å². The molecule has 2 N–H and O–H groups in total. The predicted octanol–water partition coefficient (Wildman–Crippen LogP) is 3.26. The molecule has 0 fully saturated rings. The van der Waals surface area contributed by atoms with Gasteiger partial charge < -0.3 is 10.6 Å². The Balaban J connectivity index is 2.49. The standard InChI is InChI=1S/C15H22N4/c1-5-10-19-15(14(16)12(3)17-19)18(4)13-9-7-6-8-11(13)2/h6-9H,5,10,16H2,1-4H3. The van der Waals surface area contributed by atoms with E-state index >= 15 is 0 Å². The zero-order chi connectivity index (χ0) is 14.0. The third-order valence-electron chi connectivity index (χ3n) is 3.38. The molecule has 2 aromatic rings. The number of nitrogens with zero attached hydrogens (tertiary/aromatic N) is 3. The lowest BCUT2D eigenvalue weighted by atomic mass is 10.2. The summed E-state index contributed by atoms with van der Waals surface area (Å²) in [6, 6.07) is 8.30. The number of nitrogen functional groups attached to an aromatic ring is 1. The van der Waals surface area contributed by atoms with Gasteiger partial charge in [-0.2, -0.15) is 5.10 Å². The molecule has 1 aromatic heterocycles. The number of para-hydroxylation sites is 1. The molecular formula is C15H22N4. The van der Waals surface area contributed by atoms with E-state index in [9.17, 15) is 0 Å². The molecular weight excluding hydrogens is 236 g/mol. The summed E-state index contributed by atoms with van der Waals surface area (Å²) < 4.78 is 2.00. The van der Waals surface area contributed by atoms with E-state index in [0.29, 0.717) is 0 Å². The Morgan fingerprint density at radius 3 is 2.58 bits per heavy atom. The zero-order valence-electron chi connectivity index (χ0n) is 12.1. The molecule has 0 bridgehead atoms. The molecule has 0 radical (unpaired) electrons. The number of aromatic nitrogens is 2. The van der Waals surface area contributed by atoms with E-state index in [1.165, 1.54) is 5.56 Å². The summed E-state index contributed by atoms with van der Waals surface area (Å²) in [5.74, 6) is 0.980. The van der Waals surface area contributed by atoms with Gasteiger partial charge in [-0.25, -0.2) is 4.68 Å². The lowest BCUT2D eigenvalue weighted by Crippen LogP contribution is -2.17. The molecule has 19 heavy (non-hydrogen) atoms. The molecule has 2 rings (SSSR count). The van der Waals surface area contributed by atoms with E-state index in [1.54, 1.807) is 0 Å². The highest BCUT2D eigenvalue weighted by Gasteiger charge is 2.18. The number of rotatable bonds is 4. The normalized spacial score (nSPS) is 10.7. The van der Waals surface area contributed by atoms with Gasteiger partial charge in [-0.3, -0.25) is 0 Å². The Bertz CT molecular complexity index is 572. The number of nitrogens with two attached hydrogens (primary N) is 1. The lowest BCUT2D eigenvalue weighted by molar-refractivity contribution is 0.599. The predicted molar refractivity (Wildman–Crippen MR) is 80.9 cm³/mol. The van der Waals surface area contributed by atoms with Crippen molar-refractivity contribution in [2.24, 2.45) is 0 Å². The average molecular weight is 258 g/mol. The molecule has 1 heterocycles. The van der Waals surface area contributed by atoms with E-state index in [2.05, 4.69) is 36.0 Å². The van der Waals surface area contributed by atoms with Crippen LogP contribution in [0, 0.1) is 13.8 Å². The molecule has 0 atom stereocenters. The van der Waals surface area contributed by atoms with Crippen LogP contribution < -0.4 is 10.6 Å². The van der Waals surface area contributed by atoms with Gasteiger partial charge >= 0.3 is 0 Å². The lowest BCUT2D eigenvalue weighted by Gasteiger charge is -2.23. The van der Waals surface area contributed by atoms with E-state index in [4.69, 9.17) is 5.73 Å². The summed E-state index contributed by atoms with van der Waals surface area (Å²) in [5.41, 5.74) is 10.2. The highest BCUT2D eigenvalue weighted by Crippen LogP contribution is 2.32. The fourth-order valence-electron chi connectivity index (χ4n) is 2.36. The van der Waals surface area contributed by atoms with Gasteiger partial charge in [0.1, 0.15) is 0 Å². The number of benzene rings is 1. The second-order valence-electron chi connectivity index (χ2n) is 4.89. The summed E-state index contributed by atoms with van der Waals surface area (Å²) in [6.07, 6.45) is 1.04. The number of aryl methyl sites for hydroxylation is 3. The first-order valence-electron chi connectivity index (χ1n) is 6.68. The quantitative estimate of drug-likeness (QED) is 0.915. The molecule has 0 spiro atoms. The molecule has 1 aromatic carbocycles. The molecule has 4 heteroatoms. The summed E-state index contributed by atoms with van der Waals surface area (Å²) in [5, 5.41) is 4.53. The first kappa shape index (κ1) is 13.5. The maximum Gasteiger partial charge on any atom is 0.154 e. The highest BCUT2D eigenvalue weighted by molar-refractivity contribution is 5.74. The highest BCUT2D eigenvalue weighted by atomic mass is 15.4. The maximum atomic E-state index is 6.20. The molecule has 4 nitrogen and oxygen atoms in total. The SMILES string of the molecule is CCCn1nc(C)c(N)c1N(C)c1ccccc1C. The minimum atomic E-state index is 0.763. The third-order valence-corrected chi connectivity index (χ3v) is 3.38. The van der Waals surface area contributed by atoms with E-state index < -0.39 is 0 Å². The van der Waals surface area contributed by atoms with Gasteiger partial charge in [0.15, 0.2) is 5.82 Å². The Morgan fingerprint density at radius 2 is 1.95 bits per heavy atom. The van der Waals surface area contributed by atoms with Crippen molar-refractivity contribution in [1.82, 2.24) is 9.78 Å². The fourth-order valence-corrected chi connectivity index (χ4v) is 2.36. The van der Waals surface area contributed by atoms with Crippen LogP contribution in [0.2, 0.25) is 0 Å². The van der Waals surface area contributed by atoms with Crippen LogP contribution >= 0.6 is 0 Å². The molecule has 0 saturated heterocycles. The van der Waals surface area contributed by atoms with Gasteiger partial charge in [0.25, 0.3) is 0 Å². The van der Waals surface area contributed by atoms with E-state index in [0.717, 1.165) is 35.9 Å². The third kappa shape index (κ3) is 2.43. The number of hydrogen-bond donors (Lipinski definition) is 1. The smallest absolute Gasteiger partial charge is 0.154 e.